The Kier molecular flexibility index (Phi) is 23.1. The Balaban J connectivity index is 0. The number of Topliss-reactive ketones (excluding diaryl/α,β-unsaturated/α-hetero) is 1. The zero-order valence-electron chi connectivity index (χ0n) is 26.4. The molecule has 3 unspecified atom stereocenters. The number of hydrogen-bond donors (Lipinski definition) is 1. The van der Waals surface area contributed by atoms with Gasteiger partial charge in [0.2, 0.25) is 6.23 Å². The van der Waals surface area contributed by atoms with Gasteiger partial charge in [-0.15, -0.1) is 4.99 Å². The molecule has 10 heteroatoms. The van der Waals surface area contributed by atoms with Crippen LogP contribution in [0.2, 0.25) is 0 Å². The summed E-state index contributed by atoms with van der Waals surface area (Å²) in [5, 5.41) is 0. The molecule has 41 heavy (non-hydrogen) atoms. The maximum atomic E-state index is 12.0. The van der Waals surface area contributed by atoms with E-state index in [1.165, 1.54) is 12.8 Å². The first-order valence-corrected chi connectivity index (χ1v) is 13.8. The molecular weight excluding hydrogens is 526 g/mol. The van der Waals surface area contributed by atoms with Gasteiger partial charge in [0.25, 0.3) is 0 Å². The average Bonchev–Trinajstić information content (AvgIpc) is 3.40. The minimum atomic E-state index is -0.240. The molecule has 3 atom stereocenters. The number of unbranched alkanes of at least 4 members (excludes halogenated alkanes) is 1. The molecule has 1 aromatic rings. The molecule has 0 saturated carbocycles. The van der Waals surface area contributed by atoms with Gasteiger partial charge in [0.05, 0.1) is 13.2 Å². The van der Waals surface area contributed by atoms with Crippen LogP contribution in [-0.4, -0.2) is 82.5 Å². The highest BCUT2D eigenvalue weighted by Gasteiger charge is 2.45. The predicted octanol–water partition coefficient (Wildman–Crippen LogP) is 5.59. The van der Waals surface area contributed by atoms with Crippen LogP contribution in [-0.2, 0) is 19.0 Å². The van der Waals surface area contributed by atoms with Gasteiger partial charge in [0.1, 0.15) is 17.8 Å². The molecule has 2 aliphatic rings. The number of ether oxygens (including phenoxy) is 3. The van der Waals surface area contributed by atoms with Crippen molar-refractivity contribution in [2.75, 3.05) is 35.5 Å². The number of nitrogens with zero attached hydrogens (tertiary/aromatic N) is 2. The number of hydrogen-bond acceptors (Lipinski definition) is 8. The average molecular weight is 579 g/mol. The quantitative estimate of drug-likeness (QED) is 0.312. The summed E-state index contributed by atoms with van der Waals surface area (Å²) in [4.78, 5) is 46.5. The highest BCUT2D eigenvalue weighted by Crippen LogP contribution is 2.31. The van der Waals surface area contributed by atoms with Gasteiger partial charge in [-0.1, -0.05) is 57.9 Å². The second kappa shape index (κ2) is 23.6. The smallest absolute Gasteiger partial charge is 0.388 e. The van der Waals surface area contributed by atoms with Gasteiger partial charge in [-0.05, 0) is 25.7 Å². The van der Waals surface area contributed by atoms with Crippen LogP contribution in [0.3, 0.4) is 0 Å². The van der Waals surface area contributed by atoms with E-state index >= 15 is 0 Å². The van der Waals surface area contributed by atoms with E-state index in [0.717, 1.165) is 25.7 Å². The molecule has 2 aliphatic heterocycles. The maximum absolute atomic E-state index is 12.0. The lowest BCUT2D eigenvalue weighted by atomic mass is 10.1. The van der Waals surface area contributed by atoms with Crippen LogP contribution in [0.1, 0.15) is 86.9 Å². The summed E-state index contributed by atoms with van der Waals surface area (Å²) in [5.74, 6) is 1.09. The molecular formula is C31H52N3O7+. The second-order valence-electron chi connectivity index (χ2n) is 10.2. The first-order chi connectivity index (χ1) is 19.4. The number of methoxy groups -OCH3 is 2. The van der Waals surface area contributed by atoms with Gasteiger partial charge in [0.15, 0.2) is 12.6 Å². The molecule has 1 saturated heterocycles. The van der Waals surface area contributed by atoms with E-state index in [1.54, 1.807) is 71.9 Å². The summed E-state index contributed by atoms with van der Waals surface area (Å²) in [6.07, 6.45) is 11.1. The number of aldehydes is 2. The van der Waals surface area contributed by atoms with E-state index < -0.39 is 0 Å². The van der Waals surface area contributed by atoms with Crippen molar-refractivity contribution in [3.8, 4) is 0 Å². The number of quaternary nitrogens is 1. The highest BCUT2D eigenvalue weighted by atomic mass is 16.5. The van der Waals surface area contributed by atoms with E-state index in [0.29, 0.717) is 29.6 Å². The van der Waals surface area contributed by atoms with Crippen molar-refractivity contribution in [1.29, 1.82) is 0 Å². The Morgan fingerprint density at radius 1 is 1.10 bits per heavy atom. The number of rotatable bonds is 8. The van der Waals surface area contributed by atoms with Crippen molar-refractivity contribution in [3.63, 3.8) is 0 Å². The number of urea groups is 1. The first-order valence-electron chi connectivity index (χ1n) is 13.8. The highest BCUT2D eigenvalue weighted by molar-refractivity contribution is 5.99. The molecule has 0 bridgehead atoms. The SMILES string of the molecule is CC(=O)CC(C)C.CCCCC1CCC([N+]2(C)C=CC(N)=NC2=O)O1.COC.COC.O=Cc1ccccc1C=O. The van der Waals surface area contributed by atoms with Crippen LogP contribution in [0.15, 0.2) is 41.5 Å². The van der Waals surface area contributed by atoms with Gasteiger partial charge in [-0.2, -0.15) is 4.48 Å². The molecule has 0 radical (unpaired) electrons. The topological polar surface area (TPSA) is 134 Å². The van der Waals surface area contributed by atoms with Crippen molar-refractivity contribution in [3.05, 3.63) is 47.7 Å². The van der Waals surface area contributed by atoms with Crippen LogP contribution >= 0.6 is 0 Å². The minimum absolute atomic E-state index is 0.0866. The Bertz CT molecular complexity index is 934. The summed E-state index contributed by atoms with van der Waals surface area (Å²) in [6, 6.07) is 6.41. The summed E-state index contributed by atoms with van der Waals surface area (Å²) >= 11 is 0. The number of amides is 2. The molecule has 2 amide bonds. The first kappa shape index (κ1) is 40.1. The van der Waals surface area contributed by atoms with Crippen LogP contribution < -0.4 is 5.73 Å². The summed E-state index contributed by atoms with van der Waals surface area (Å²) < 4.78 is 14.6. The van der Waals surface area contributed by atoms with Crippen molar-refractivity contribution >= 4 is 30.2 Å². The zero-order chi connectivity index (χ0) is 31.8. The van der Waals surface area contributed by atoms with E-state index in [9.17, 15) is 19.2 Å². The molecule has 0 aliphatic carbocycles. The minimum Gasteiger partial charge on any atom is -0.388 e. The number of amidine groups is 1. The van der Waals surface area contributed by atoms with E-state index in [1.807, 2.05) is 20.9 Å². The number of aliphatic imine (C=N–C) groups is 1. The molecule has 232 valence electrons. The van der Waals surface area contributed by atoms with Crippen LogP contribution in [0.4, 0.5) is 4.79 Å². The van der Waals surface area contributed by atoms with Crippen molar-refractivity contribution in [2.24, 2.45) is 16.6 Å². The summed E-state index contributed by atoms with van der Waals surface area (Å²) in [7, 11) is 8.33. The zero-order valence-corrected chi connectivity index (χ0v) is 26.4. The number of carbonyl (C=O) groups is 4. The number of carbonyl (C=O) groups excluding carboxylic acids is 4. The number of benzene rings is 1. The largest absolute Gasteiger partial charge is 0.451 e. The second-order valence-corrected chi connectivity index (χ2v) is 10.2. The van der Waals surface area contributed by atoms with E-state index in [4.69, 9.17) is 10.5 Å². The van der Waals surface area contributed by atoms with E-state index in [2.05, 4.69) is 21.4 Å². The Hall–Kier alpha value is -3.05. The lowest BCUT2D eigenvalue weighted by Gasteiger charge is -2.32. The lowest BCUT2D eigenvalue weighted by Crippen LogP contribution is -2.53. The Labute approximate surface area is 246 Å². The maximum Gasteiger partial charge on any atom is 0.451 e. The third kappa shape index (κ3) is 17.4. The summed E-state index contributed by atoms with van der Waals surface area (Å²) in [5.41, 5.74) is 6.41. The Morgan fingerprint density at radius 2 is 1.61 bits per heavy atom. The van der Waals surface area contributed by atoms with Crippen molar-refractivity contribution < 1.29 is 37.9 Å². The standard InChI is InChI=1S/C13H21N3O2.C8H6O2.C6H12O.2C2H6O/c1-3-4-5-10-6-7-12(18-10)16(2)9-8-11(14)15-13(16)17;9-5-7-3-1-2-4-8(7)6-10;1-5(2)4-6(3)7;2*1-3-2/h8-10,12H,3-7H2,1-2H3,(H-,14,15,17);1-6H;5H,4H2,1-3H3;2*1-2H3/p+1. The van der Waals surface area contributed by atoms with E-state index in [-0.39, 0.29) is 34.5 Å². The fourth-order valence-electron chi connectivity index (χ4n) is 3.80. The normalized spacial score (nSPS) is 20.4. The number of nitrogens with two attached hydrogens (primary N) is 1. The van der Waals surface area contributed by atoms with Gasteiger partial charge in [-0.3, -0.25) is 9.59 Å². The fraction of sp³-hybridized carbons (Fsp3) is 0.581. The number of ketones is 1. The lowest BCUT2D eigenvalue weighted by molar-refractivity contribution is -0.830. The molecule has 1 fully saturated rings. The third-order valence-electron chi connectivity index (χ3n) is 5.70. The van der Waals surface area contributed by atoms with Gasteiger partial charge < -0.3 is 24.7 Å². The summed E-state index contributed by atoms with van der Waals surface area (Å²) in [6.45, 7) is 7.89. The molecule has 1 aromatic carbocycles. The fourth-order valence-corrected chi connectivity index (χ4v) is 3.80. The molecule has 0 spiro atoms. The molecule has 2 N–H and O–H groups in total. The third-order valence-corrected chi connectivity index (χ3v) is 5.70. The molecule has 0 aromatic heterocycles. The van der Waals surface area contributed by atoms with Crippen LogP contribution in [0.5, 0.6) is 0 Å². The monoisotopic (exact) mass is 578 g/mol. The van der Waals surface area contributed by atoms with Gasteiger partial charge in [0, 0.05) is 58.5 Å². The van der Waals surface area contributed by atoms with Crippen molar-refractivity contribution in [1.82, 2.24) is 0 Å². The van der Waals surface area contributed by atoms with Crippen LogP contribution in [0.25, 0.3) is 0 Å². The predicted molar refractivity (Wildman–Crippen MR) is 163 cm³/mol. The molecule has 10 nitrogen and oxygen atoms in total. The van der Waals surface area contributed by atoms with Crippen molar-refractivity contribution in [2.45, 2.75) is 78.6 Å². The Morgan fingerprint density at radius 3 is 1.98 bits per heavy atom. The van der Waals surface area contributed by atoms with Gasteiger partial charge >= 0.3 is 6.03 Å². The molecule has 3 rings (SSSR count). The van der Waals surface area contributed by atoms with Gasteiger partial charge in [-0.25, -0.2) is 4.79 Å². The van der Waals surface area contributed by atoms with Crippen LogP contribution in [0, 0.1) is 5.92 Å². The molecule has 2 heterocycles.